The molecule has 0 aromatic heterocycles. The third-order valence-corrected chi connectivity index (χ3v) is 4.07. The van der Waals surface area contributed by atoms with Crippen LogP contribution >= 0.6 is 0 Å². The standard InChI is InChI=1S/C19H20F3NO2/c1-18(2,17(24)25-3)16(13-8-5-4-6-9-13)23-15-11-7-10-14(12-15)19(20,21)22/h4-12,16,23H,1-3H3. The predicted octanol–water partition coefficient (Wildman–Crippen LogP) is 5.06. The van der Waals surface area contributed by atoms with E-state index in [1.807, 2.05) is 30.3 Å². The summed E-state index contributed by atoms with van der Waals surface area (Å²) < 4.78 is 43.7. The third kappa shape index (κ3) is 4.32. The number of nitrogens with one attached hydrogen (secondary N) is 1. The molecule has 1 unspecified atom stereocenters. The number of rotatable bonds is 5. The molecule has 2 rings (SSSR count). The number of hydrogen-bond donors (Lipinski definition) is 1. The van der Waals surface area contributed by atoms with Gasteiger partial charge in [-0.3, -0.25) is 4.79 Å². The normalized spacial score (nSPS) is 13.2. The van der Waals surface area contributed by atoms with Gasteiger partial charge in [0, 0.05) is 5.69 Å². The number of ether oxygens (including phenoxy) is 1. The highest BCUT2D eigenvalue weighted by Crippen LogP contribution is 2.38. The van der Waals surface area contributed by atoms with Crippen LogP contribution in [0.3, 0.4) is 0 Å². The molecule has 0 saturated carbocycles. The number of halogens is 3. The number of methoxy groups -OCH3 is 1. The molecule has 0 radical (unpaired) electrons. The van der Waals surface area contributed by atoms with Gasteiger partial charge in [-0.1, -0.05) is 36.4 Å². The minimum Gasteiger partial charge on any atom is -0.469 e. The largest absolute Gasteiger partial charge is 0.469 e. The molecule has 134 valence electrons. The van der Waals surface area contributed by atoms with Crippen LogP contribution in [0.1, 0.15) is 31.0 Å². The molecule has 0 fully saturated rings. The van der Waals surface area contributed by atoms with Gasteiger partial charge in [0.2, 0.25) is 0 Å². The van der Waals surface area contributed by atoms with Gasteiger partial charge in [-0.2, -0.15) is 13.2 Å². The summed E-state index contributed by atoms with van der Waals surface area (Å²) in [6, 6.07) is 13.4. The highest BCUT2D eigenvalue weighted by atomic mass is 19.4. The van der Waals surface area contributed by atoms with Crippen LogP contribution in [0.25, 0.3) is 0 Å². The molecule has 3 nitrogen and oxygen atoms in total. The second-order valence-electron chi connectivity index (χ2n) is 6.28. The van der Waals surface area contributed by atoms with E-state index in [-0.39, 0.29) is 5.69 Å². The molecular weight excluding hydrogens is 331 g/mol. The molecule has 0 aliphatic carbocycles. The molecule has 0 aliphatic heterocycles. The van der Waals surface area contributed by atoms with Gasteiger partial charge in [-0.05, 0) is 37.6 Å². The Labute approximate surface area is 144 Å². The van der Waals surface area contributed by atoms with Crippen molar-refractivity contribution < 1.29 is 22.7 Å². The van der Waals surface area contributed by atoms with E-state index in [1.54, 1.807) is 19.9 Å². The molecule has 2 aromatic carbocycles. The van der Waals surface area contributed by atoms with E-state index < -0.39 is 29.2 Å². The van der Waals surface area contributed by atoms with Crippen LogP contribution in [0.5, 0.6) is 0 Å². The van der Waals surface area contributed by atoms with Crippen molar-refractivity contribution in [3.8, 4) is 0 Å². The van der Waals surface area contributed by atoms with E-state index in [0.717, 1.165) is 17.7 Å². The molecule has 25 heavy (non-hydrogen) atoms. The van der Waals surface area contributed by atoms with Gasteiger partial charge in [-0.15, -0.1) is 0 Å². The van der Waals surface area contributed by atoms with E-state index in [9.17, 15) is 18.0 Å². The van der Waals surface area contributed by atoms with Gasteiger partial charge in [0.25, 0.3) is 0 Å². The minimum atomic E-state index is -4.43. The smallest absolute Gasteiger partial charge is 0.416 e. The molecule has 0 bridgehead atoms. The Morgan fingerprint density at radius 2 is 1.68 bits per heavy atom. The quantitative estimate of drug-likeness (QED) is 0.766. The molecule has 0 saturated heterocycles. The maximum Gasteiger partial charge on any atom is 0.416 e. The summed E-state index contributed by atoms with van der Waals surface area (Å²) in [5, 5.41) is 3.06. The zero-order valence-corrected chi connectivity index (χ0v) is 14.2. The predicted molar refractivity (Wildman–Crippen MR) is 90.0 cm³/mol. The van der Waals surface area contributed by atoms with Gasteiger partial charge in [0.15, 0.2) is 0 Å². The molecule has 0 heterocycles. The van der Waals surface area contributed by atoms with Crippen molar-refractivity contribution in [3.63, 3.8) is 0 Å². The highest BCUT2D eigenvalue weighted by Gasteiger charge is 2.39. The van der Waals surface area contributed by atoms with Crippen LogP contribution < -0.4 is 5.32 Å². The zero-order chi connectivity index (χ0) is 18.7. The van der Waals surface area contributed by atoms with Gasteiger partial charge in [0.1, 0.15) is 0 Å². The lowest BCUT2D eigenvalue weighted by Crippen LogP contribution is -2.36. The molecule has 0 aliphatic rings. The summed E-state index contributed by atoms with van der Waals surface area (Å²) in [6.45, 7) is 3.38. The Morgan fingerprint density at radius 1 is 1.04 bits per heavy atom. The number of hydrogen-bond acceptors (Lipinski definition) is 3. The van der Waals surface area contributed by atoms with E-state index in [4.69, 9.17) is 4.74 Å². The third-order valence-electron chi connectivity index (χ3n) is 4.07. The Morgan fingerprint density at radius 3 is 2.24 bits per heavy atom. The Bertz CT molecular complexity index is 727. The van der Waals surface area contributed by atoms with E-state index >= 15 is 0 Å². The lowest BCUT2D eigenvalue weighted by Gasteiger charge is -2.33. The summed E-state index contributed by atoms with van der Waals surface area (Å²) in [5.41, 5.74) is -0.694. The van der Waals surface area contributed by atoms with Gasteiger partial charge in [0.05, 0.1) is 24.1 Å². The second-order valence-corrected chi connectivity index (χ2v) is 6.28. The lowest BCUT2D eigenvalue weighted by atomic mass is 9.80. The van der Waals surface area contributed by atoms with E-state index in [1.165, 1.54) is 13.2 Å². The van der Waals surface area contributed by atoms with E-state index in [0.29, 0.717) is 0 Å². The first-order chi connectivity index (χ1) is 11.7. The first-order valence-electron chi connectivity index (χ1n) is 7.73. The highest BCUT2D eigenvalue weighted by molar-refractivity contribution is 5.78. The first kappa shape index (κ1) is 18.8. The molecule has 1 N–H and O–H groups in total. The summed E-state index contributed by atoms with van der Waals surface area (Å²) in [7, 11) is 1.29. The summed E-state index contributed by atoms with van der Waals surface area (Å²) in [5.74, 6) is -0.458. The molecule has 2 aromatic rings. The average Bonchev–Trinajstić information content (AvgIpc) is 2.59. The van der Waals surface area contributed by atoms with Crippen LogP contribution in [0.15, 0.2) is 54.6 Å². The Balaban J connectivity index is 2.43. The minimum absolute atomic E-state index is 0.278. The fourth-order valence-corrected chi connectivity index (χ4v) is 2.66. The number of alkyl halides is 3. The van der Waals surface area contributed by atoms with Crippen molar-refractivity contribution in [2.24, 2.45) is 5.41 Å². The molecule has 0 amide bonds. The fraction of sp³-hybridized carbons (Fsp3) is 0.316. The van der Waals surface area contributed by atoms with Crippen LogP contribution in [-0.2, 0) is 15.7 Å². The van der Waals surface area contributed by atoms with Crippen LogP contribution in [0.2, 0.25) is 0 Å². The molecule has 0 spiro atoms. The van der Waals surface area contributed by atoms with Gasteiger partial charge < -0.3 is 10.1 Å². The van der Waals surface area contributed by atoms with Crippen LogP contribution in [0.4, 0.5) is 18.9 Å². The van der Waals surface area contributed by atoms with Gasteiger partial charge in [-0.25, -0.2) is 0 Å². The van der Waals surface area contributed by atoms with Crippen molar-refractivity contribution in [3.05, 3.63) is 65.7 Å². The SMILES string of the molecule is COC(=O)C(C)(C)C(Nc1cccc(C(F)(F)F)c1)c1ccccc1. The number of carbonyl (C=O) groups is 1. The average molecular weight is 351 g/mol. The van der Waals surface area contributed by atoms with Crippen molar-refractivity contribution in [1.82, 2.24) is 0 Å². The maximum absolute atomic E-state index is 12.9. The summed E-state index contributed by atoms with van der Waals surface area (Å²) in [6.07, 6.45) is -4.43. The van der Waals surface area contributed by atoms with Gasteiger partial charge >= 0.3 is 12.1 Å². The summed E-state index contributed by atoms with van der Waals surface area (Å²) in [4.78, 5) is 12.2. The van der Waals surface area contributed by atoms with E-state index in [2.05, 4.69) is 5.32 Å². The second kappa shape index (κ2) is 7.17. The molecule has 6 heteroatoms. The Hall–Kier alpha value is -2.50. The van der Waals surface area contributed by atoms with Crippen LogP contribution in [0, 0.1) is 5.41 Å². The first-order valence-corrected chi connectivity index (χ1v) is 7.73. The molecule has 1 atom stereocenters. The lowest BCUT2D eigenvalue weighted by molar-refractivity contribution is -0.151. The summed E-state index contributed by atoms with van der Waals surface area (Å²) >= 11 is 0. The van der Waals surface area contributed by atoms with Crippen molar-refractivity contribution in [2.45, 2.75) is 26.1 Å². The maximum atomic E-state index is 12.9. The fourth-order valence-electron chi connectivity index (χ4n) is 2.66. The monoisotopic (exact) mass is 351 g/mol. The zero-order valence-electron chi connectivity index (χ0n) is 14.2. The van der Waals surface area contributed by atoms with Crippen molar-refractivity contribution in [1.29, 1.82) is 0 Å². The molecular formula is C19H20F3NO2. The van der Waals surface area contributed by atoms with Crippen LogP contribution in [-0.4, -0.2) is 13.1 Å². The van der Waals surface area contributed by atoms with Crippen molar-refractivity contribution >= 4 is 11.7 Å². The number of benzene rings is 2. The number of anilines is 1. The number of carbonyl (C=O) groups excluding carboxylic acids is 1. The Kier molecular flexibility index (Phi) is 5.40. The van der Waals surface area contributed by atoms with Crippen molar-refractivity contribution in [2.75, 3.05) is 12.4 Å². The topological polar surface area (TPSA) is 38.3 Å². The number of esters is 1.